The van der Waals surface area contributed by atoms with Crippen LogP contribution in [0.25, 0.3) is 0 Å². The maximum Gasteiger partial charge on any atom is 0.238 e. The lowest BCUT2D eigenvalue weighted by molar-refractivity contribution is 0.171. The number of nitrogens with zero attached hydrogens (tertiary/aromatic N) is 2. The van der Waals surface area contributed by atoms with Crippen LogP contribution in [-0.2, 0) is 10.0 Å². The van der Waals surface area contributed by atoms with Gasteiger partial charge in [-0.05, 0) is 54.4 Å². The molecule has 8 heteroatoms. The molecular formula is C24H23N3O4S. The number of ether oxygens (including phenoxy) is 2. The molecule has 2 aliphatic heterocycles. The molecule has 0 spiro atoms. The summed E-state index contributed by atoms with van der Waals surface area (Å²) >= 11 is 0. The van der Waals surface area contributed by atoms with E-state index in [0.717, 1.165) is 34.0 Å². The van der Waals surface area contributed by atoms with Crippen molar-refractivity contribution in [3.05, 3.63) is 83.4 Å². The van der Waals surface area contributed by atoms with Gasteiger partial charge in [-0.25, -0.2) is 13.6 Å². The highest BCUT2D eigenvalue weighted by Gasteiger charge is 2.31. The Morgan fingerprint density at radius 1 is 0.938 bits per heavy atom. The molecule has 2 aliphatic rings. The Kier molecular flexibility index (Phi) is 5.11. The van der Waals surface area contributed by atoms with Crippen molar-refractivity contribution >= 4 is 21.4 Å². The Morgan fingerprint density at radius 3 is 2.31 bits per heavy atom. The fraction of sp³-hybridized carbons (Fsp3) is 0.208. The minimum atomic E-state index is -3.76. The standard InChI is InChI=1S/C24H23N3O4S/c1-16-2-4-17(5-3-16)21-15-22(18-6-11-23-24(14-18)31-13-12-30-23)27(26-21)19-7-9-20(10-8-19)32(25,28)29/h2-11,14,22H,12-13,15H2,1H3,(H2,25,28,29). The number of aryl methyl sites for hydroxylation is 1. The first-order valence-electron chi connectivity index (χ1n) is 10.3. The van der Waals surface area contributed by atoms with Gasteiger partial charge in [0.25, 0.3) is 0 Å². The van der Waals surface area contributed by atoms with Gasteiger partial charge in [0.1, 0.15) is 13.2 Å². The Morgan fingerprint density at radius 2 is 1.62 bits per heavy atom. The molecule has 3 aromatic rings. The predicted octanol–water partition coefficient (Wildman–Crippen LogP) is 3.77. The zero-order valence-corrected chi connectivity index (χ0v) is 18.4. The molecule has 0 aromatic heterocycles. The summed E-state index contributed by atoms with van der Waals surface area (Å²) in [5, 5.41) is 12.1. The normalized spacial score (nSPS) is 17.9. The molecule has 0 amide bonds. The summed E-state index contributed by atoms with van der Waals surface area (Å²) in [4.78, 5) is 0.0686. The zero-order chi connectivity index (χ0) is 22.3. The van der Waals surface area contributed by atoms with E-state index in [0.29, 0.717) is 19.6 Å². The number of nitrogens with two attached hydrogens (primary N) is 1. The molecule has 2 heterocycles. The zero-order valence-electron chi connectivity index (χ0n) is 17.6. The van der Waals surface area contributed by atoms with Crippen molar-refractivity contribution < 1.29 is 17.9 Å². The number of hydrazone groups is 1. The third-order valence-electron chi connectivity index (χ3n) is 5.68. The number of anilines is 1. The molecule has 0 bridgehead atoms. The van der Waals surface area contributed by atoms with E-state index < -0.39 is 10.0 Å². The number of benzene rings is 3. The van der Waals surface area contributed by atoms with Gasteiger partial charge in [0.2, 0.25) is 10.0 Å². The number of sulfonamides is 1. The van der Waals surface area contributed by atoms with Gasteiger partial charge in [-0.2, -0.15) is 5.10 Å². The molecule has 0 saturated heterocycles. The van der Waals surface area contributed by atoms with Crippen LogP contribution in [0, 0.1) is 6.92 Å². The van der Waals surface area contributed by atoms with Crippen molar-refractivity contribution in [3.63, 3.8) is 0 Å². The van der Waals surface area contributed by atoms with Gasteiger partial charge < -0.3 is 9.47 Å². The van der Waals surface area contributed by atoms with Crippen molar-refractivity contribution in [1.82, 2.24) is 0 Å². The van der Waals surface area contributed by atoms with E-state index in [2.05, 4.69) is 31.2 Å². The molecule has 0 fully saturated rings. The average molecular weight is 450 g/mol. The van der Waals surface area contributed by atoms with E-state index >= 15 is 0 Å². The Labute approximate surface area is 187 Å². The fourth-order valence-electron chi connectivity index (χ4n) is 3.98. The van der Waals surface area contributed by atoms with Crippen LogP contribution in [0.5, 0.6) is 11.5 Å². The lowest BCUT2D eigenvalue weighted by atomic mass is 9.97. The van der Waals surface area contributed by atoms with Crippen LogP contribution in [0.2, 0.25) is 0 Å². The maximum atomic E-state index is 11.7. The molecule has 164 valence electrons. The van der Waals surface area contributed by atoms with Crippen LogP contribution in [-0.4, -0.2) is 27.3 Å². The second kappa shape index (κ2) is 7.96. The number of fused-ring (bicyclic) bond motifs is 1. The first kappa shape index (κ1) is 20.5. The number of hydrogen-bond donors (Lipinski definition) is 1. The third kappa shape index (κ3) is 3.94. The second-order valence-electron chi connectivity index (χ2n) is 7.92. The van der Waals surface area contributed by atoms with E-state index in [1.807, 2.05) is 23.2 Å². The van der Waals surface area contributed by atoms with Gasteiger partial charge in [0.15, 0.2) is 11.5 Å². The first-order chi connectivity index (χ1) is 15.4. The number of rotatable bonds is 4. The van der Waals surface area contributed by atoms with E-state index in [4.69, 9.17) is 19.7 Å². The Balaban J connectivity index is 1.54. The quantitative estimate of drug-likeness (QED) is 0.654. The minimum Gasteiger partial charge on any atom is -0.486 e. The van der Waals surface area contributed by atoms with Crippen molar-refractivity contribution in [2.45, 2.75) is 24.3 Å². The molecule has 0 aliphatic carbocycles. The van der Waals surface area contributed by atoms with Crippen LogP contribution in [0.4, 0.5) is 5.69 Å². The smallest absolute Gasteiger partial charge is 0.238 e. The molecule has 0 radical (unpaired) electrons. The van der Waals surface area contributed by atoms with E-state index in [-0.39, 0.29) is 10.9 Å². The third-order valence-corrected chi connectivity index (χ3v) is 6.61. The summed E-state index contributed by atoms with van der Waals surface area (Å²) in [5.74, 6) is 1.46. The average Bonchev–Trinajstić information content (AvgIpc) is 3.24. The minimum absolute atomic E-state index is 0.0686. The summed E-state index contributed by atoms with van der Waals surface area (Å²) in [6, 6.07) is 20.6. The van der Waals surface area contributed by atoms with Crippen molar-refractivity contribution in [2.24, 2.45) is 10.2 Å². The van der Waals surface area contributed by atoms with Crippen molar-refractivity contribution in [2.75, 3.05) is 18.2 Å². The highest BCUT2D eigenvalue weighted by atomic mass is 32.2. The van der Waals surface area contributed by atoms with Crippen LogP contribution >= 0.6 is 0 Å². The highest BCUT2D eigenvalue weighted by molar-refractivity contribution is 7.89. The molecule has 1 unspecified atom stereocenters. The molecule has 32 heavy (non-hydrogen) atoms. The fourth-order valence-corrected chi connectivity index (χ4v) is 4.50. The summed E-state index contributed by atoms with van der Waals surface area (Å²) in [6.45, 7) is 3.11. The highest BCUT2D eigenvalue weighted by Crippen LogP contribution is 2.40. The van der Waals surface area contributed by atoms with Gasteiger partial charge in [0, 0.05) is 6.42 Å². The number of hydrogen-bond acceptors (Lipinski definition) is 6. The Bertz CT molecular complexity index is 1290. The summed E-state index contributed by atoms with van der Waals surface area (Å²) in [5.41, 5.74) is 5.02. The molecular weight excluding hydrogens is 426 g/mol. The lowest BCUT2D eigenvalue weighted by Gasteiger charge is -2.26. The largest absolute Gasteiger partial charge is 0.486 e. The molecule has 1 atom stereocenters. The predicted molar refractivity (Wildman–Crippen MR) is 123 cm³/mol. The Hall–Kier alpha value is -3.36. The van der Waals surface area contributed by atoms with Crippen LogP contribution < -0.4 is 19.6 Å². The SMILES string of the molecule is Cc1ccc(C2=NN(c3ccc(S(N)(=O)=O)cc3)C(c3ccc4c(c3)OCCO4)C2)cc1. The summed E-state index contributed by atoms with van der Waals surface area (Å²) < 4.78 is 34.8. The van der Waals surface area contributed by atoms with E-state index in [1.165, 1.54) is 17.7 Å². The van der Waals surface area contributed by atoms with Crippen LogP contribution in [0.1, 0.15) is 29.2 Å². The van der Waals surface area contributed by atoms with Crippen LogP contribution in [0.3, 0.4) is 0 Å². The van der Waals surface area contributed by atoms with Gasteiger partial charge in [0.05, 0.1) is 22.3 Å². The molecule has 2 N–H and O–H groups in total. The van der Waals surface area contributed by atoms with E-state index in [1.54, 1.807) is 12.1 Å². The monoisotopic (exact) mass is 449 g/mol. The second-order valence-corrected chi connectivity index (χ2v) is 9.48. The summed E-state index contributed by atoms with van der Waals surface area (Å²) in [6.07, 6.45) is 0.694. The van der Waals surface area contributed by atoms with E-state index in [9.17, 15) is 8.42 Å². The van der Waals surface area contributed by atoms with Crippen molar-refractivity contribution in [1.29, 1.82) is 0 Å². The maximum absolute atomic E-state index is 11.7. The van der Waals surface area contributed by atoms with Crippen molar-refractivity contribution in [3.8, 4) is 11.5 Å². The van der Waals surface area contributed by atoms with Gasteiger partial charge in [-0.3, -0.25) is 5.01 Å². The first-order valence-corrected chi connectivity index (χ1v) is 11.9. The van der Waals surface area contributed by atoms with Crippen LogP contribution in [0.15, 0.2) is 76.7 Å². The van der Waals surface area contributed by atoms with Gasteiger partial charge in [-0.15, -0.1) is 0 Å². The van der Waals surface area contributed by atoms with Gasteiger partial charge >= 0.3 is 0 Å². The summed E-state index contributed by atoms with van der Waals surface area (Å²) in [7, 11) is -3.76. The lowest BCUT2D eigenvalue weighted by Crippen LogP contribution is -2.20. The molecule has 3 aromatic carbocycles. The molecule has 5 rings (SSSR count). The number of primary sulfonamides is 1. The topological polar surface area (TPSA) is 94.2 Å². The molecule has 7 nitrogen and oxygen atoms in total. The molecule has 0 saturated carbocycles. The van der Waals surface area contributed by atoms with Gasteiger partial charge in [-0.1, -0.05) is 35.9 Å².